The van der Waals surface area contributed by atoms with Crippen molar-refractivity contribution in [2.75, 3.05) is 7.11 Å². The molecule has 2 radical (unpaired) electrons. The van der Waals surface area contributed by atoms with Gasteiger partial charge in [-0.05, 0) is 26.2 Å². The van der Waals surface area contributed by atoms with Gasteiger partial charge >= 0.3 is 5.97 Å². The van der Waals surface area contributed by atoms with E-state index in [1.54, 1.807) is 0 Å². The molecule has 0 amide bonds. The van der Waals surface area contributed by atoms with Crippen LogP contribution in [0, 0.1) is 12.8 Å². The fraction of sp³-hybridized carbons (Fsp3) is 0.750. The maximum absolute atomic E-state index is 10.9. The van der Waals surface area contributed by atoms with Crippen LogP contribution in [0.5, 0.6) is 0 Å². The lowest BCUT2D eigenvalue weighted by Gasteiger charge is -2.09. The van der Waals surface area contributed by atoms with Gasteiger partial charge in [-0.3, -0.25) is 4.79 Å². The summed E-state index contributed by atoms with van der Waals surface area (Å²) >= 11 is 0. The number of esters is 1. The van der Waals surface area contributed by atoms with Crippen LogP contribution < -0.4 is 0 Å². The molecule has 58 valence electrons. The zero-order valence-electron chi connectivity index (χ0n) is 6.59. The molecule has 1 unspecified atom stereocenters. The van der Waals surface area contributed by atoms with Gasteiger partial charge < -0.3 is 4.74 Å². The smallest absolute Gasteiger partial charge is 0.308 e. The number of carbonyl (C=O) groups excluding carboxylic acids is 1. The van der Waals surface area contributed by atoms with Gasteiger partial charge in [-0.1, -0.05) is 6.92 Å². The maximum Gasteiger partial charge on any atom is 0.308 e. The van der Waals surface area contributed by atoms with Crippen LogP contribution in [0.1, 0.15) is 26.2 Å². The Hall–Kier alpha value is -0.530. The van der Waals surface area contributed by atoms with Crippen molar-refractivity contribution in [3.63, 3.8) is 0 Å². The Bertz CT molecular complexity index is 99.4. The Balaban J connectivity index is 3.68. The number of hydrogen-bond donors (Lipinski definition) is 0. The van der Waals surface area contributed by atoms with Crippen LogP contribution in [-0.4, -0.2) is 13.1 Å². The lowest BCUT2D eigenvalue weighted by Crippen LogP contribution is -2.14. The van der Waals surface area contributed by atoms with Crippen molar-refractivity contribution in [1.82, 2.24) is 0 Å². The first kappa shape index (κ1) is 9.47. The number of ether oxygens (including phenoxy) is 1. The van der Waals surface area contributed by atoms with Gasteiger partial charge in [0, 0.05) is 0 Å². The molecule has 0 N–H and O–H groups in total. The molecular weight excluding hydrogens is 128 g/mol. The fourth-order valence-corrected chi connectivity index (χ4v) is 0.856. The highest BCUT2D eigenvalue weighted by Gasteiger charge is 2.14. The van der Waals surface area contributed by atoms with Crippen molar-refractivity contribution < 1.29 is 9.53 Å². The van der Waals surface area contributed by atoms with Gasteiger partial charge in [0.1, 0.15) is 0 Å². The minimum absolute atomic E-state index is 0.00463. The van der Waals surface area contributed by atoms with Crippen LogP contribution >= 0.6 is 0 Å². The quantitative estimate of drug-likeness (QED) is 0.558. The van der Waals surface area contributed by atoms with Crippen LogP contribution in [-0.2, 0) is 9.53 Å². The third-order valence-corrected chi connectivity index (χ3v) is 1.54. The summed E-state index contributed by atoms with van der Waals surface area (Å²) in [6.45, 7) is 7.25. The molecule has 0 bridgehead atoms. The molecule has 0 saturated heterocycles. The van der Waals surface area contributed by atoms with Gasteiger partial charge in [0.15, 0.2) is 0 Å². The summed E-state index contributed by atoms with van der Waals surface area (Å²) in [5.74, 6) is -0.150. The molecule has 0 aliphatic rings. The Morgan fingerprint density at radius 1 is 1.70 bits per heavy atom. The van der Waals surface area contributed by atoms with E-state index in [1.807, 2.05) is 6.92 Å². The minimum Gasteiger partial charge on any atom is -0.469 e. The summed E-state index contributed by atoms with van der Waals surface area (Å²) < 4.78 is 4.56. The summed E-state index contributed by atoms with van der Waals surface area (Å²) in [7, 11) is 1.40. The predicted octanol–water partition coefficient (Wildman–Crippen LogP) is 1.68. The van der Waals surface area contributed by atoms with E-state index in [-0.39, 0.29) is 11.9 Å². The highest BCUT2D eigenvalue weighted by atomic mass is 16.5. The molecule has 0 saturated carbocycles. The minimum atomic E-state index is -0.145. The van der Waals surface area contributed by atoms with Crippen molar-refractivity contribution in [2.24, 2.45) is 5.92 Å². The van der Waals surface area contributed by atoms with Crippen LogP contribution in [0.3, 0.4) is 0 Å². The first-order valence-electron chi connectivity index (χ1n) is 3.54. The molecule has 10 heavy (non-hydrogen) atoms. The number of rotatable bonds is 4. The highest BCUT2D eigenvalue weighted by molar-refractivity contribution is 5.72. The standard InChI is InChI=1S/C8H14O2/c1-4-6-7(5-2)8(9)10-3/h1,7H,4-6H2,2-3H3. The van der Waals surface area contributed by atoms with E-state index in [4.69, 9.17) is 6.92 Å². The zero-order chi connectivity index (χ0) is 7.98. The maximum atomic E-state index is 10.9. The molecule has 0 aromatic rings. The second kappa shape index (κ2) is 5.27. The van der Waals surface area contributed by atoms with E-state index >= 15 is 0 Å². The first-order chi connectivity index (χ1) is 4.76. The summed E-state index contributed by atoms with van der Waals surface area (Å²) in [6.07, 6.45) is 2.08. The molecule has 0 aliphatic heterocycles. The second-order valence-corrected chi connectivity index (χ2v) is 2.21. The van der Waals surface area contributed by atoms with E-state index in [0.717, 1.165) is 12.8 Å². The third-order valence-electron chi connectivity index (χ3n) is 1.54. The average Bonchev–Trinajstić information content (AvgIpc) is 1.99. The topological polar surface area (TPSA) is 26.3 Å². The van der Waals surface area contributed by atoms with Crippen molar-refractivity contribution in [3.8, 4) is 0 Å². The van der Waals surface area contributed by atoms with E-state index in [0.29, 0.717) is 6.42 Å². The summed E-state index contributed by atoms with van der Waals surface area (Å²) in [6, 6.07) is 0. The van der Waals surface area contributed by atoms with Crippen LogP contribution in [0.25, 0.3) is 0 Å². The molecule has 0 aromatic heterocycles. The van der Waals surface area contributed by atoms with Crippen molar-refractivity contribution in [2.45, 2.75) is 26.2 Å². The Morgan fingerprint density at radius 2 is 2.30 bits per heavy atom. The predicted molar refractivity (Wildman–Crippen MR) is 39.3 cm³/mol. The van der Waals surface area contributed by atoms with E-state index in [1.165, 1.54) is 7.11 Å². The van der Waals surface area contributed by atoms with Crippen LogP contribution in [0.4, 0.5) is 0 Å². The summed E-state index contributed by atoms with van der Waals surface area (Å²) in [5.41, 5.74) is 0. The van der Waals surface area contributed by atoms with Gasteiger partial charge in [-0.15, -0.1) is 0 Å². The highest BCUT2D eigenvalue weighted by Crippen LogP contribution is 2.11. The second-order valence-electron chi connectivity index (χ2n) is 2.21. The monoisotopic (exact) mass is 142 g/mol. The Morgan fingerprint density at radius 3 is 2.60 bits per heavy atom. The molecule has 0 heterocycles. The van der Waals surface area contributed by atoms with E-state index < -0.39 is 0 Å². The van der Waals surface area contributed by atoms with Gasteiger partial charge in [0.25, 0.3) is 0 Å². The molecule has 0 aromatic carbocycles. The molecule has 2 heteroatoms. The van der Waals surface area contributed by atoms with Gasteiger partial charge in [0.05, 0.1) is 13.0 Å². The molecule has 0 rings (SSSR count). The van der Waals surface area contributed by atoms with Crippen molar-refractivity contribution in [3.05, 3.63) is 6.92 Å². The van der Waals surface area contributed by atoms with Crippen LogP contribution in [0.2, 0.25) is 0 Å². The number of hydrogen-bond acceptors (Lipinski definition) is 2. The van der Waals surface area contributed by atoms with Crippen molar-refractivity contribution in [1.29, 1.82) is 0 Å². The zero-order valence-corrected chi connectivity index (χ0v) is 6.59. The lowest BCUT2D eigenvalue weighted by molar-refractivity contribution is -0.145. The molecule has 1 atom stereocenters. The molecule has 2 nitrogen and oxygen atoms in total. The van der Waals surface area contributed by atoms with Gasteiger partial charge in [-0.2, -0.15) is 0 Å². The average molecular weight is 142 g/mol. The molecule has 0 fully saturated rings. The molecule has 0 spiro atoms. The van der Waals surface area contributed by atoms with Gasteiger partial charge in [0.2, 0.25) is 0 Å². The number of carbonyl (C=O) groups is 1. The van der Waals surface area contributed by atoms with Crippen LogP contribution in [0.15, 0.2) is 0 Å². The van der Waals surface area contributed by atoms with E-state index in [9.17, 15) is 4.79 Å². The Kier molecular flexibility index (Phi) is 4.99. The summed E-state index contributed by atoms with van der Waals surface area (Å²) in [5, 5.41) is 0. The Labute approximate surface area is 62.6 Å². The summed E-state index contributed by atoms with van der Waals surface area (Å²) in [4.78, 5) is 10.9. The fourth-order valence-electron chi connectivity index (χ4n) is 0.856. The van der Waals surface area contributed by atoms with E-state index in [2.05, 4.69) is 4.74 Å². The molecular formula is C8H14O2. The number of methoxy groups -OCH3 is 1. The first-order valence-corrected chi connectivity index (χ1v) is 3.54. The SMILES string of the molecule is [CH]CCC(CC)C(=O)OC. The van der Waals surface area contributed by atoms with Gasteiger partial charge in [-0.25, -0.2) is 0 Å². The third kappa shape index (κ3) is 2.85. The van der Waals surface area contributed by atoms with Crippen molar-refractivity contribution >= 4 is 5.97 Å². The largest absolute Gasteiger partial charge is 0.469 e. The molecule has 0 aliphatic carbocycles. The normalized spacial score (nSPS) is 12.7. The lowest BCUT2D eigenvalue weighted by atomic mass is 10.0.